The third-order valence-electron chi connectivity index (χ3n) is 2.27. The van der Waals surface area contributed by atoms with Gasteiger partial charge in [-0.2, -0.15) is 12.6 Å². The Morgan fingerprint density at radius 1 is 1.33 bits per heavy atom. The Labute approximate surface area is 82.9 Å². The molecule has 0 amide bonds. The minimum Gasteiger partial charge on any atom is -0.306 e. The smallest absolute Gasteiger partial charge is 0.000387 e. The molecule has 0 aliphatic carbocycles. The molecule has 2 heteroatoms. The fourth-order valence-corrected chi connectivity index (χ4v) is 1.47. The van der Waals surface area contributed by atoms with Crippen LogP contribution in [-0.2, 0) is 0 Å². The van der Waals surface area contributed by atoms with Gasteiger partial charge in [0.2, 0.25) is 0 Å². The maximum Gasteiger partial charge on any atom is 0.000387 e. The van der Waals surface area contributed by atoms with Crippen LogP contribution in [0, 0.1) is 5.92 Å². The summed E-state index contributed by atoms with van der Waals surface area (Å²) in [5.74, 6) is 1.86. The first-order chi connectivity index (χ1) is 5.70. The minimum absolute atomic E-state index is 0.839. The molecular weight excluding hydrogens is 166 g/mol. The van der Waals surface area contributed by atoms with E-state index in [4.69, 9.17) is 0 Å². The van der Waals surface area contributed by atoms with Crippen LogP contribution < -0.4 is 0 Å². The lowest BCUT2D eigenvalue weighted by atomic mass is 10.1. The molecular formula is C10H23NS. The molecule has 0 fully saturated rings. The topological polar surface area (TPSA) is 3.24 Å². The average Bonchev–Trinajstić information content (AvgIpc) is 2.05. The summed E-state index contributed by atoms with van der Waals surface area (Å²) >= 11 is 4.19. The maximum absolute atomic E-state index is 4.19. The van der Waals surface area contributed by atoms with Gasteiger partial charge in [-0.3, -0.25) is 0 Å². The second kappa shape index (κ2) is 7.93. The van der Waals surface area contributed by atoms with Gasteiger partial charge in [0.25, 0.3) is 0 Å². The van der Waals surface area contributed by atoms with E-state index in [9.17, 15) is 0 Å². The lowest BCUT2D eigenvalue weighted by Crippen LogP contribution is -2.25. The number of thiol groups is 1. The van der Waals surface area contributed by atoms with Gasteiger partial charge in [-0.1, -0.05) is 20.3 Å². The third-order valence-corrected chi connectivity index (χ3v) is 2.58. The van der Waals surface area contributed by atoms with Gasteiger partial charge >= 0.3 is 0 Å². The highest BCUT2D eigenvalue weighted by molar-refractivity contribution is 7.80. The molecule has 1 nitrogen and oxygen atoms in total. The van der Waals surface area contributed by atoms with Crippen LogP contribution in [0.1, 0.15) is 33.1 Å². The van der Waals surface area contributed by atoms with Crippen molar-refractivity contribution in [2.24, 2.45) is 5.92 Å². The fraction of sp³-hybridized carbons (Fsp3) is 1.00. The van der Waals surface area contributed by atoms with E-state index < -0.39 is 0 Å². The van der Waals surface area contributed by atoms with Crippen molar-refractivity contribution in [2.45, 2.75) is 33.1 Å². The van der Waals surface area contributed by atoms with Crippen molar-refractivity contribution in [3.8, 4) is 0 Å². The molecule has 1 unspecified atom stereocenters. The molecule has 0 aromatic heterocycles. The number of rotatable bonds is 7. The van der Waals surface area contributed by atoms with E-state index in [1.54, 1.807) is 0 Å². The summed E-state index contributed by atoms with van der Waals surface area (Å²) in [7, 11) is 2.21. The van der Waals surface area contributed by atoms with Crippen LogP contribution in [0.4, 0.5) is 0 Å². The number of hydrogen-bond donors (Lipinski definition) is 1. The highest BCUT2D eigenvalue weighted by Crippen LogP contribution is 2.03. The van der Waals surface area contributed by atoms with Crippen molar-refractivity contribution in [1.82, 2.24) is 4.90 Å². The number of nitrogens with zero attached hydrogens (tertiary/aromatic N) is 1. The maximum atomic E-state index is 4.19. The van der Waals surface area contributed by atoms with Gasteiger partial charge in [-0.05, 0) is 38.1 Å². The Balaban J connectivity index is 3.26. The van der Waals surface area contributed by atoms with E-state index in [0.29, 0.717) is 0 Å². The van der Waals surface area contributed by atoms with E-state index in [1.807, 2.05) is 0 Å². The predicted molar refractivity (Wildman–Crippen MR) is 60.0 cm³/mol. The van der Waals surface area contributed by atoms with Crippen LogP contribution in [0.25, 0.3) is 0 Å². The summed E-state index contributed by atoms with van der Waals surface area (Å²) in [4.78, 5) is 2.43. The molecule has 0 radical (unpaired) electrons. The van der Waals surface area contributed by atoms with Crippen molar-refractivity contribution >= 4 is 12.6 Å². The van der Waals surface area contributed by atoms with E-state index in [2.05, 4.69) is 38.4 Å². The quantitative estimate of drug-likeness (QED) is 0.476. The zero-order chi connectivity index (χ0) is 9.40. The molecule has 0 aromatic carbocycles. The second-order valence-corrected chi connectivity index (χ2v) is 4.15. The van der Waals surface area contributed by atoms with E-state index in [1.165, 1.54) is 32.4 Å². The molecule has 0 rings (SSSR count). The van der Waals surface area contributed by atoms with Gasteiger partial charge in [0.15, 0.2) is 0 Å². The minimum atomic E-state index is 0.839. The van der Waals surface area contributed by atoms with Gasteiger partial charge < -0.3 is 4.90 Å². The predicted octanol–water partition coefficient (Wildman–Crippen LogP) is 2.67. The van der Waals surface area contributed by atoms with Gasteiger partial charge in [-0.25, -0.2) is 0 Å². The summed E-state index contributed by atoms with van der Waals surface area (Å²) in [6.07, 6.45) is 3.82. The second-order valence-electron chi connectivity index (χ2n) is 3.71. The molecule has 0 spiro atoms. The van der Waals surface area contributed by atoms with Crippen LogP contribution in [0.3, 0.4) is 0 Å². The number of unbranched alkanes of at least 4 members (excludes halogenated alkanes) is 1. The summed E-state index contributed by atoms with van der Waals surface area (Å²) in [5, 5.41) is 0. The van der Waals surface area contributed by atoms with Crippen LogP contribution in [-0.4, -0.2) is 30.8 Å². The fourth-order valence-electron chi connectivity index (χ4n) is 1.25. The van der Waals surface area contributed by atoms with Crippen molar-refractivity contribution in [2.75, 3.05) is 25.9 Å². The van der Waals surface area contributed by atoms with Gasteiger partial charge in [0, 0.05) is 6.54 Å². The highest BCUT2D eigenvalue weighted by Gasteiger charge is 2.02. The van der Waals surface area contributed by atoms with Crippen LogP contribution in [0.5, 0.6) is 0 Å². The van der Waals surface area contributed by atoms with Crippen LogP contribution in [0.15, 0.2) is 0 Å². The van der Waals surface area contributed by atoms with E-state index >= 15 is 0 Å². The van der Waals surface area contributed by atoms with Crippen molar-refractivity contribution in [3.63, 3.8) is 0 Å². The van der Waals surface area contributed by atoms with Crippen LogP contribution in [0.2, 0.25) is 0 Å². The molecule has 0 N–H and O–H groups in total. The number of hydrogen-bond acceptors (Lipinski definition) is 2. The van der Waals surface area contributed by atoms with Crippen LogP contribution >= 0.6 is 12.6 Å². The largest absolute Gasteiger partial charge is 0.306 e. The Morgan fingerprint density at radius 2 is 2.00 bits per heavy atom. The summed E-state index contributed by atoms with van der Waals surface area (Å²) in [6, 6.07) is 0. The Morgan fingerprint density at radius 3 is 2.50 bits per heavy atom. The van der Waals surface area contributed by atoms with Gasteiger partial charge in [0.05, 0.1) is 0 Å². The molecule has 12 heavy (non-hydrogen) atoms. The Bertz CT molecular complexity index is 95.8. The summed E-state index contributed by atoms with van der Waals surface area (Å²) in [5.41, 5.74) is 0. The highest BCUT2D eigenvalue weighted by atomic mass is 32.1. The monoisotopic (exact) mass is 189 g/mol. The molecule has 0 aliphatic heterocycles. The average molecular weight is 189 g/mol. The molecule has 0 aromatic rings. The Hall–Kier alpha value is 0.310. The SMILES string of the molecule is CCC(C)CN(C)CCCCS. The molecule has 0 heterocycles. The lowest BCUT2D eigenvalue weighted by Gasteiger charge is -2.19. The third kappa shape index (κ3) is 6.99. The lowest BCUT2D eigenvalue weighted by molar-refractivity contribution is 0.279. The first kappa shape index (κ1) is 12.3. The zero-order valence-corrected chi connectivity index (χ0v) is 9.61. The van der Waals surface area contributed by atoms with Gasteiger partial charge in [0.1, 0.15) is 0 Å². The van der Waals surface area contributed by atoms with Crippen molar-refractivity contribution in [3.05, 3.63) is 0 Å². The molecule has 0 bridgehead atoms. The van der Waals surface area contributed by atoms with Crippen molar-refractivity contribution < 1.29 is 0 Å². The standard InChI is InChI=1S/C10H23NS/c1-4-10(2)9-11(3)7-5-6-8-12/h10,12H,4-9H2,1-3H3. The molecule has 0 saturated carbocycles. The molecule has 1 atom stereocenters. The summed E-state index contributed by atoms with van der Waals surface area (Å²) in [6.45, 7) is 7.04. The van der Waals surface area contributed by atoms with Gasteiger partial charge in [-0.15, -0.1) is 0 Å². The Kier molecular flexibility index (Phi) is 8.14. The molecule has 74 valence electrons. The first-order valence-electron chi connectivity index (χ1n) is 5.00. The molecule has 0 saturated heterocycles. The van der Waals surface area contributed by atoms with E-state index in [0.717, 1.165) is 11.7 Å². The van der Waals surface area contributed by atoms with E-state index in [-0.39, 0.29) is 0 Å². The molecule has 0 aliphatic rings. The zero-order valence-electron chi connectivity index (χ0n) is 8.71. The van der Waals surface area contributed by atoms with Crippen molar-refractivity contribution in [1.29, 1.82) is 0 Å². The summed E-state index contributed by atoms with van der Waals surface area (Å²) < 4.78 is 0. The normalized spacial score (nSPS) is 13.8. The first-order valence-corrected chi connectivity index (χ1v) is 5.63.